The summed E-state index contributed by atoms with van der Waals surface area (Å²) in [6, 6.07) is 3.85. The van der Waals surface area contributed by atoms with E-state index in [1.54, 1.807) is 6.92 Å². The molecule has 0 saturated carbocycles. The van der Waals surface area contributed by atoms with E-state index in [1.165, 1.54) is 16.4 Å². The molecule has 0 bridgehead atoms. The van der Waals surface area contributed by atoms with Crippen LogP contribution in [0.5, 0.6) is 0 Å². The van der Waals surface area contributed by atoms with Crippen LogP contribution in [-0.2, 0) is 14.8 Å². The molecule has 2 fully saturated rings. The van der Waals surface area contributed by atoms with Gasteiger partial charge < -0.3 is 10.6 Å². The minimum atomic E-state index is -3.83. The summed E-state index contributed by atoms with van der Waals surface area (Å²) in [6.07, 6.45) is 0.893. The number of amides is 1. The number of non-ortho nitro benzene ring substituents is 1. The highest BCUT2D eigenvalue weighted by atomic mass is 35.5. The summed E-state index contributed by atoms with van der Waals surface area (Å²) in [4.78, 5) is 22.6. The number of nitrogens with one attached hydrogen (secondary N) is 2. The number of benzene rings is 1. The molecule has 2 aliphatic heterocycles. The Balaban J connectivity index is 0.00000280. The maximum absolute atomic E-state index is 12.9. The Kier molecular flexibility index (Phi) is 7.38. The first-order valence-corrected chi connectivity index (χ1v) is 10.5. The summed E-state index contributed by atoms with van der Waals surface area (Å²) in [5, 5.41) is 17.1. The monoisotopic (exact) mass is 432 g/mol. The van der Waals surface area contributed by atoms with Crippen molar-refractivity contribution < 1.29 is 18.1 Å². The first-order valence-electron chi connectivity index (χ1n) is 9.02. The van der Waals surface area contributed by atoms with Crippen molar-refractivity contribution >= 4 is 34.0 Å². The van der Waals surface area contributed by atoms with Crippen molar-refractivity contribution in [2.75, 3.05) is 32.7 Å². The van der Waals surface area contributed by atoms with Crippen molar-refractivity contribution in [3.63, 3.8) is 0 Å². The lowest BCUT2D eigenvalue weighted by Gasteiger charge is -2.32. The molecular formula is C17H25ClN4O5S. The van der Waals surface area contributed by atoms with Gasteiger partial charge in [0.15, 0.2) is 0 Å². The fraction of sp³-hybridized carbons (Fsp3) is 0.588. The molecule has 3 rings (SSSR count). The zero-order valence-corrected chi connectivity index (χ0v) is 17.2. The van der Waals surface area contributed by atoms with Crippen LogP contribution in [0.1, 0.15) is 18.4 Å². The Bertz CT molecular complexity index is 836. The molecule has 0 spiro atoms. The van der Waals surface area contributed by atoms with Gasteiger partial charge in [-0.2, -0.15) is 4.31 Å². The Morgan fingerprint density at radius 1 is 1.32 bits per heavy atom. The van der Waals surface area contributed by atoms with Crippen molar-refractivity contribution in [3.8, 4) is 0 Å². The lowest BCUT2D eigenvalue weighted by Crippen LogP contribution is -2.50. The van der Waals surface area contributed by atoms with Crippen LogP contribution in [-0.4, -0.2) is 56.3 Å². The molecule has 2 aliphatic rings. The second-order valence-corrected chi connectivity index (χ2v) is 9.06. The maximum atomic E-state index is 12.9. The van der Waals surface area contributed by atoms with Gasteiger partial charge in [-0.05, 0) is 25.3 Å². The van der Waals surface area contributed by atoms with Crippen LogP contribution in [0.15, 0.2) is 23.1 Å². The number of nitro benzene ring substituents is 1. The van der Waals surface area contributed by atoms with Crippen molar-refractivity contribution in [3.05, 3.63) is 33.9 Å². The molecule has 0 atom stereocenters. The molecule has 9 nitrogen and oxygen atoms in total. The van der Waals surface area contributed by atoms with Crippen LogP contribution in [0.25, 0.3) is 0 Å². The van der Waals surface area contributed by atoms with Gasteiger partial charge >= 0.3 is 0 Å². The van der Waals surface area contributed by atoms with Crippen LogP contribution < -0.4 is 10.6 Å². The highest BCUT2D eigenvalue weighted by Gasteiger charge is 2.33. The van der Waals surface area contributed by atoms with E-state index in [4.69, 9.17) is 0 Å². The molecule has 28 heavy (non-hydrogen) atoms. The number of rotatable bonds is 6. The zero-order chi connectivity index (χ0) is 19.6. The summed E-state index contributed by atoms with van der Waals surface area (Å²) in [5.41, 5.74) is 0.216. The third-order valence-electron chi connectivity index (χ3n) is 5.26. The second-order valence-electron chi connectivity index (χ2n) is 7.15. The van der Waals surface area contributed by atoms with Gasteiger partial charge in [0.1, 0.15) is 0 Å². The molecule has 0 aliphatic carbocycles. The summed E-state index contributed by atoms with van der Waals surface area (Å²) in [6.45, 7) is 4.56. The molecule has 1 aromatic carbocycles. The molecule has 2 heterocycles. The first-order chi connectivity index (χ1) is 12.8. The maximum Gasteiger partial charge on any atom is 0.270 e. The number of hydrogen-bond donors (Lipinski definition) is 2. The number of sulfonamides is 1. The molecule has 2 saturated heterocycles. The molecule has 0 unspecified atom stereocenters. The highest BCUT2D eigenvalue weighted by molar-refractivity contribution is 7.89. The van der Waals surface area contributed by atoms with Crippen molar-refractivity contribution in [2.24, 2.45) is 11.8 Å². The Morgan fingerprint density at radius 2 is 1.96 bits per heavy atom. The van der Waals surface area contributed by atoms with Crippen molar-refractivity contribution in [1.29, 1.82) is 0 Å². The van der Waals surface area contributed by atoms with Crippen LogP contribution in [0.4, 0.5) is 5.69 Å². The van der Waals surface area contributed by atoms with Gasteiger partial charge in [-0.1, -0.05) is 6.07 Å². The number of carbonyl (C=O) groups is 1. The zero-order valence-electron chi connectivity index (χ0n) is 15.6. The molecule has 1 aromatic rings. The minimum Gasteiger partial charge on any atom is -0.355 e. The Labute approximate surface area is 170 Å². The number of piperidine rings is 1. The fourth-order valence-electron chi connectivity index (χ4n) is 3.36. The largest absolute Gasteiger partial charge is 0.355 e. The third kappa shape index (κ3) is 4.80. The average molecular weight is 433 g/mol. The quantitative estimate of drug-likeness (QED) is 0.512. The van der Waals surface area contributed by atoms with E-state index < -0.39 is 14.9 Å². The highest BCUT2D eigenvalue weighted by Crippen LogP contribution is 2.28. The average Bonchev–Trinajstić information content (AvgIpc) is 2.60. The lowest BCUT2D eigenvalue weighted by molar-refractivity contribution is -0.385. The molecule has 1 amide bonds. The van der Waals surface area contributed by atoms with Crippen LogP contribution in [0.3, 0.4) is 0 Å². The van der Waals surface area contributed by atoms with Gasteiger partial charge in [0.05, 0.1) is 9.82 Å². The van der Waals surface area contributed by atoms with Gasteiger partial charge in [-0.3, -0.25) is 14.9 Å². The van der Waals surface area contributed by atoms with E-state index in [2.05, 4.69) is 10.6 Å². The molecule has 0 radical (unpaired) electrons. The number of nitro groups is 1. The Hall–Kier alpha value is -1.75. The number of hydrogen-bond acceptors (Lipinski definition) is 6. The van der Waals surface area contributed by atoms with Gasteiger partial charge in [0, 0.05) is 56.7 Å². The van der Waals surface area contributed by atoms with E-state index in [9.17, 15) is 23.3 Å². The van der Waals surface area contributed by atoms with Crippen LogP contribution in [0.2, 0.25) is 0 Å². The predicted octanol–water partition coefficient (Wildman–Crippen LogP) is 1.06. The molecule has 0 aromatic heterocycles. The number of halogens is 1. The van der Waals surface area contributed by atoms with E-state index in [-0.39, 0.29) is 47.9 Å². The van der Waals surface area contributed by atoms with Crippen molar-refractivity contribution in [1.82, 2.24) is 14.9 Å². The molecule has 156 valence electrons. The molecule has 11 heteroatoms. The number of carbonyl (C=O) groups excluding carboxylic acids is 1. The van der Waals surface area contributed by atoms with Gasteiger partial charge in [-0.25, -0.2) is 8.42 Å². The van der Waals surface area contributed by atoms with Crippen LogP contribution in [0, 0.1) is 28.9 Å². The molecule has 2 N–H and O–H groups in total. The summed E-state index contributed by atoms with van der Waals surface area (Å²) in [5.74, 6) is 0.257. The topological polar surface area (TPSA) is 122 Å². The second kappa shape index (κ2) is 9.17. The number of nitrogens with zero attached hydrogens (tertiary/aromatic N) is 2. The van der Waals surface area contributed by atoms with E-state index in [0.717, 1.165) is 19.2 Å². The predicted molar refractivity (Wildman–Crippen MR) is 106 cm³/mol. The van der Waals surface area contributed by atoms with Gasteiger partial charge in [-0.15, -0.1) is 12.4 Å². The number of aryl methyl sites for hydroxylation is 1. The normalized spacial score (nSPS) is 18.8. The fourth-order valence-corrected chi connectivity index (χ4v) is 5.07. The summed E-state index contributed by atoms with van der Waals surface area (Å²) >= 11 is 0. The van der Waals surface area contributed by atoms with Gasteiger partial charge in [0.25, 0.3) is 5.69 Å². The summed E-state index contributed by atoms with van der Waals surface area (Å²) in [7, 11) is -3.83. The Morgan fingerprint density at radius 3 is 2.50 bits per heavy atom. The first kappa shape index (κ1) is 22.5. The summed E-state index contributed by atoms with van der Waals surface area (Å²) < 4.78 is 27.2. The standard InChI is InChI=1S/C17H24N4O5S.ClH/c1-12-2-3-15(21(23)24)8-16(12)27(25,26)20-6-4-14(5-7-20)17(22)19-11-13-9-18-10-13;/h2-3,8,13-14,18H,4-7,9-11H2,1H3,(H,19,22);1H. The van der Waals surface area contributed by atoms with E-state index >= 15 is 0 Å². The SMILES string of the molecule is Cc1ccc([N+](=O)[O-])cc1S(=O)(=O)N1CCC(C(=O)NCC2CNC2)CC1.Cl. The smallest absolute Gasteiger partial charge is 0.270 e. The van der Waals surface area contributed by atoms with Crippen LogP contribution >= 0.6 is 12.4 Å². The molecular weight excluding hydrogens is 408 g/mol. The van der Waals surface area contributed by atoms with Crippen molar-refractivity contribution in [2.45, 2.75) is 24.7 Å². The van der Waals surface area contributed by atoms with E-state index in [0.29, 0.717) is 30.9 Å². The minimum absolute atomic E-state index is 0. The van der Waals surface area contributed by atoms with Gasteiger partial charge in [0.2, 0.25) is 15.9 Å². The lowest BCUT2D eigenvalue weighted by atomic mass is 9.96. The van der Waals surface area contributed by atoms with E-state index in [1.807, 2.05) is 0 Å². The third-order valence-corrected chi connectivity index (χ3v) is 7.30.